The van der Waals surface area contributed by atoms with Crippen LogP contribution in [0, 0.1) is 5.92 Å². The van der Waals surface area contributed by atoms with Gasteiger partial charge in [0.05, 0.1) is 6.61 Å². The fraction of sp³-hybridized carbons (Fsp3) is 0.333. The first kappa shape index (κ1) is 19.5. The molecule has 26 heavy (non-hydrogen) atoms. The summed E-state index contributed by atoms with van der Waals surface area (Å²) in [6.45, 7) is 6.49. The molecular formula is C21H26N2O3. The smallest absolute Gasteiger partial charge is 0.255 e. The largest absolute Gasteiger partial charge is 0.494 e. The number of rotatable bonds is 7. The second-order valence-electron chi connectivity index (χ2n) is 6.63. The van der Waals surface area contributed by atoms with Crippen LogP contribution in [0.3, 0.4) is 0 Å². The zero-order valence-corrected chi connectivity index (χ0v) is 15.8. The highest BCUT2D eigenvalue weighted by Gasteiger charge is 2.08. The lowest BCUT2D eigenvalue weighted by atomic mass is 10.1. The van der Waals surface area contributed by atoms with Gasteiger partial charge >= 0.3 is 0 Å². The second kappa shape index (κ2) is 9.04. The average Bonchev–Trinajstić information content (AvgIpc) is 2.62. The van der Waals surface area contributed by atoms with Gasteiger partial charge in [-0.15, -0.1) is 0 Å². The van der Waals surface area contributed by atoms with Crippen molar-refractivity contribution in [2.75, 3.05) is 23.9 Å². The predicted octanol–water partition coefficient (Wildman–Crippen LogP) is 4.35. The molecule has 0 aliphatic carbocycles. The molecule has 2 amide bonds. The minimum absolute atomic E-state index is 0.0440. The maximum absolute atomic E-state index is 12.3. The quantitative estimate of drug-likeness (QED) is 0.804. The zero-order chi connectivity index (χ0) is 19.1. The van der Waals surface area contributed by atoms with Crippen molar-refractivity contribution >= 4 is 23.2 Å². The van der Waals surface area contributed by atoms with Gasteiger partial charge in [-0.3, -0.25) is 9.59 Å². The van der Waals surface area contributed by atoms with Crippen LogP contribution in [-0.4, -0.2) is 25.5 Å². The number of hydrogen-bond acceptors (Lipinski definition) is 3. The van der Waals surface area contributed by atoms with Crippen LogP contribution in [-0.2, 0) is 4.79 Å². The Bertz CT molecular complexity index is 737. The summed E-state index contributed by atoms with van der Waals surface area (Å²) >= 11 is 0. The molecule has 0 unspecified atom stereocenters. The molecule has 0 heterocycles. The van der Waals surface area contributed by atoms with Gasteiger partial charge in [-0.25, -0.2) is 0 Å². The Balaban J connectivity index is 1.94. The van der Waals surface area contributed by atoms with E-state index in [0.717, 1.165) is 17.9 Å². The van der Waals surface area contributed by atoms with Crippen molar-refractivity contribution in [3.8, 4) is 5.75 Å². The highest BCUT2D eigenvalue weighted by Crippen LogP contribution is 2.19. The third kappa shape index (κ3) is 5.62. The molecule has 1 N–H and O–H groups in total. The minimum atomic E-state index is -0.189. The molecule has 5 nitrogen and oxygen atoms in total. The lowest BCUT2D eigenvalue weighted by Crippen LogP contribution is -2.22. The number of carbonyl (C=O) groups excluding carboxylic acids is 2. The number of amides is 2. The minimum Gasteiger partial charge on any atom is -0.494 e. The molecule has 2 aromatic carbocycles. The van der Waals surface area contributed by atoms with E-state index in [0.29, 0.717) is 23.8 Å². The van der Waals surface area contributed by atoms with Crippen LogP contribution in [0.1, 0.15) is 37.6 Å². The average molecular weight is 354 g/mol. The van der Waals surface area contributed by atoms with E-state index in [1.165, 1.54) is 6.92 Å². The van der Waals surface area contributed by atoms with Gasteiger partial charge in [0.1, 0.15) is 5.75 Å². The van der Waals surface area contributed by atoms with E-state index in [9.17, 15) is 9.59 Å². The number of ether oxygens (including phenoxy) is 1. The number of anilines is 2. The van der Waals surface area contributed by atoms with Crippen LogP contribution in [0.2, 0.25) is 0 Å². The van der Waals surface area contributed by atoms with Crippen LogP contribution in [0.25, 0.3) is 0 Å². The molecule has 0 aliphatic heterocycles. The molecule has 0 fully saturated rings. The van der Waals surface area contributed by atoms with E-state index in [2.05, 4.69) is 19.2 Å². The van der Waals surface area contributed by atoms with Crippen molar-refractivity contribution in [1.29, 1.82) is 0 Å². The van der Waals surface area contributed by atoms with Gasteiger partial charge in [0, 0.05) is 30.9 Å². The van der Waals surface area contributed by atoms with E-state index in [1.807, 2.05) is 0 Å². The summed E-state index contributed by atoms with van der Waals surface area (Å²) in [5.74, 6) is 1.13. The van der Waals surface area contributed by atoms with Crippen LogP contribution >= 0.6 is 0 Å². The summed E-state index contributed by atoms with van der Waals surface area (Å²) in [6.07, 6.45) is 0.997. The van der Waals surface area contributed by atoms with Gasteiger partial charge in [0.2, 0.25) is 5.91 Å². The van der Waals surface area contributed by atoms with E-state index < -0.39 is 0 Å². The molecule has 5 heteroatoms. The highest BCUT2D eigenvalue weighted by atomic mass is 16.5. The van der Waals surface area contributed by atoms with E-state index in [1.54, 1.807) is 60.5 Å². The molecule has 0 saturated heterocycles. The zero-order valence-electron chi connectivity index (χ0n) is 15.8. The van der Waals surface area contributed by atoms with Crippen LogP contribution < -0.4 is 15.0 Å². The molecule has 0 atom stereocenters. The Kier molecular flexibility index (Phi) is 6.78. The number of benzene rings is 2. The number of carbonyl (C=O) groups is 2. The van der Waals surface area contributed by atoms with Crippen molar-refractivity contribution in [3.63, 3.8) is 0 Å². The van der Waals surface area contributed by atoms with Gasteiger partial charge in [0.25, 0.3) is 5.91 Å². The molecule has 0 radical (unpaired) electrons. The molecule has 2 aromatic rings. The maximum Gasteiger partial charge on any atom is 0.255 e. The standard InChI is InChI=1S/C21H26N2O3/c1-15(2)13-14-26-20-11-5-17(6-12-20)21(25)22-18-7-9-19(10-8-18)23(4)16(3)24/h5-12,15H,13-14H2,1-4H3,(H,22,25). The van der Waals surface area contributed by atoms with Crippen molar-refractivity contribution < 1.29 is 14.3 Å². The third-order valence-electron chi connectivity index (χ3n) is 4.07. The van der Waals surface area contributed by atoms with Gasteiger partial charge in [-0.05, 0) is 60.9 Å². The molecule has 0 spiro atoms. The van der Waals surface area contributed by atoms with E-state index >= 15 is 0 Å². The molecule has 0 aromatic heterocycles. The van der Waals surface area contributed by atoms with Gasteiger partial charge < -0.3 is 15.0 Å². The molecular weight excluding hydrogens is 328 g/mol. The topological polar surface area (TPSA) is 58.6 Å². The van der Waals surface area contributed by atoms with E-state index in [-0.39, 0.29) is 11.8 Å². The fourth-order valence-electron chi connectivity index (χ4n) is 2.27. The Labute approximate surface area is 155 Å². The highest BCUT2D eigenvalue weighted by molar-refractivity contribution is 6.04. The second-order valence-corrected chi connectivity index (χ2v) is 6.63. The van der Waals surface area contributed by atoms with Crippen molar-refractivity contribution in [2.24, 2.45) is 5.92 Å². The Hall–Kier alpha value is -2.82. The van der Waals surface area contributed by atoms with Crippen LogP contribution in [0.15, 0.2) is 48.5 Å². The summed E-state index contributed by atoms with van der Waals surface area (Å²) in [5, 5.41) is 2.85. The van der Waals surface area contributed by atoms with Gasteiger partial charge in [-0.2, -0.15) is 0 Å². The number of nitrogens with zero attached hydrogens (tertiary/aromatic N) is 1. The Morgan fingerprint density at radius 3 is 2.19 bits per heavy atom. The summed E-state index contributed by atoms with van der Waals surface area (Å²) in [5.41, 5.74) is 2.01. The first-order chi connectivity index (χ1) is 12.4. The maximum atomic E-state index is 12.3. The summed E-state index contributed by atoms with van der Waals surface area (Å²) < 4.78 is 5.66. The number of hydrogen-bond donors (Lipinski definition) is 1. The van der Waals surface area contributed by atoms with Crippen LogP contribution in [0.4, 0.5) is 11.4 Å². The summed E-state index contributed by atoms with van der Waals surface area (Å²) in [7, 11) is 1.71. The fourth-order valence-corrected chi connectivity index (χ4v) is 2.27. The van der Waals surface area contributed by atoms with Crippen molar-refractivity contribution in [3.05, 3.63) is 54.1 Å². The molecule has 0 aliphatic rings. The molecule has 0 saturated carbocycles. The lowest BCUT2D eigenvalue weighted by Gasteiger charge is -2.15. The summed E-state index contributed by atoms with van der Waals surface area (Å²) in [4.78, 5) is 25.2. The van der Waals surface area contributed by atoms with Crippen molar-refractivity contribution in [1.82, 2.24) is 0 Å². The van der Waals surface area contributed by atoms with E-state index in [4.69, 9.17) is 4.74 Å². The SMILES string of the molecule is CC(=O)N(C)c1ccc(NC(=O)c2ccc(OCCC(C)C)cc2)cc1. The number of nitrogens with one attached hydrogen (secondary N) is 1. The predicted molar refractivity (Wildman–Crippen MR) is 105 cm³/mol. The summed E-state index contributed by atoms with van der Waals surface area (Å²) in [6, 6.07) is 14.2. The normalized spacial score (nSPS) is 10.5. The lowest BCUT2D eigenvalue weighted by molar-refractivity contribution is -0.116. The van der Waals surface area contributed by atoms with Gasteiger partial charge in [0.15, 0.2) is 0 Å². The Morgan fingerprint density at radius 2 is 1.65 bits per heavy atom. The van der Waals surface area contributed by atoms with Crippen LogP contribution in [0.5, 0.6) is 5.75 Å². The first-order valence-corrected chi connectivity index (χ1v) is 8.75. The monoisotopic (exact) mass is 354 g/mol. The Morgan fingerprint density at radius 1 is 1.04 bits per heavy atom. The van der Waals surface area contributed by atoms with Gasteiger partial charge in [-0.1, -0.05) is 13.8 Å². The third-order valence-corrected chi connectivity index (χ3v) is 4.07. The first-order valence-electron chi connectivity index (χ1n) is 8.75. The molecule has 0 bridgehead atoms. The molecule has 2 rings (SSSR count). The molecule has 138 valence electrons. The van der Waals surface area contributed by atoms with Crippen molar-refractivity contribution in [2.45, 2.75) is 27.2 Å².